The van der Waals surface area contributed by atoms with E-state index in [2.05, 4.69) is 23.3 Å². The molecule has 2 fully saturated rings. The molecule has 5 nitrogen and oxygen atoms in total. The SMILES string of the molecule is CC[C@@H]1C[C@H]1C(=O)NC1CCC(N(C)C(=O)Cc2ccc3ncccc3c2)CC1. The first-order chi connectivity index (χ1) is 14.0. The van der Waals surface area contributed by atoms with Crippen molar-refractivity contribution in [2.75, 3.05) is 7.05 Å². The Kier molecular flexibility index (Phi) is 5.84. The van der Waals surface area contributed by atoms with Crippen molar-refractivity contribution in [2.45, 2.75) is 64.0 Å². The zero-order valence-corrected chi connectivity index (χ0v) is 17.4. The Hall–Kier alpha value is -2.43. The summed E-state index contributed by atoms with van der Waals surface area (Å²) in [5, 5.41) is 4.31. The van der Waals surface area contributed by atoms with Gasteiger partial charge in [-0.3, -0.25) is 14.6 Å². The van der Waals surface area contributed by atoms with Crippen LogP contribution in [0, 0.1) is 11.8 Å². The van der Waals surface area contributed by atoms with Gasteiger partial charge in [0.2, 0.25) is 11.8 Å². The molecule has 1 N–H and O–H groups in total. The fraction of sp³-hybridized carbons (Fsp3) is 0.542. The molecule has 0 bridgehead atoms. The van der Waals surface area contributed by atoms with Crippen LogP contribution < -0.4 is 5.32 Å². The highest BCUT2D eigenvalue weighted by molar-refractivity contribution is 5.83. The average molecular weight is 394 g/mol. The van der Waals surface area contributed by atoms with E-state index in [1.54, 1.807) is 6.20 Å². The Morgan fingerprint density at radius 1 is 1.17 bits per heavy atom. The van der Waals surface area contributed by atoms with Crippen molar-refractivity contribution in [2.24, 2.45) is 11.8 Å². The third-order valence-corrected chi connectivity index (χ3v) is 6.79. The van der Waals surface area contributed by atoms with Gasteiger partial charge in [0.15, 0.2) is 0 Å². The lowest BCUT2D eigenvalue weighted by Crippen LogP contribution is -2.45. The number of hydrogen-bond acceptors (Lipinski definition) is 3. The first-order valence-corrected chi connectivity index (χ1v) is 10.9. The van der Waals surface area contributed by atoms with Crippen LogP contribution in [0.25, 0.3) is 10.9 Å². The number of amides is 2. The normalized spacial score (nSPS) is 26.1. The topological polar surface area (TPSA) is 62.3 Å². The van der Waals surface area contributed by atoms with E-state index >= 15 is 0 Å². The number of aromatic nitrogens is 1. The zero-order valence-electron chi connectivity index (χ0n) is 17.4. The molecule has 0 unspecified atom stereocenters. The van der Waals surface area contributed by atoms with Crippen molar-refractivity contribution in [3.8, 4) is 0 Å². The van der Waals surface area contributed by atoms with Gasteiger partial charge in [0.25, 0.3) is 0 Å². The second-order valence-electron chi connectivity index (χ2n) is 8.74. The summed E-state index contributed by atoms with van der Waals surface area (Å²) in [5.41, 5.74) is 1.98. The van der Waals surface area contributed by atoms with E-state index in [9.17, 15) is 9.59 Å². The molecule has 2 aliphatic carbocycles. The van der Waals surface area contributed by atoms with Gasteiger partial charge in [0, 0.05) is 36.6 Å². The van der Waals surface area contributed by atoms with E-state index in [4.69, 9.17) is 0 Å². The Labute approximate surface area is 172 Å². The molecule has 2 aliphatic rings. The molecule has 0 saturated heterocycles. The monoisotopic (exact) mass is 393 g/mol. The highest BCUT2D eigenvalue weighted by Crippen LogP contribution is 2.41. The fourth-order valence-electron chi connectivity index (χ4n) is 4.67. The maximum Gasteiger partial charge on any atom is 0.226 e. The largest absolute Gasteiger partial charge is 0.353 e. The third kappa shape index (κ3) is 4.60. The number of likely N-dealkylation sites (N-methyl/N-ethyl adjacent to an activating group) is 1. The third-order valence-electron chi connectivity index (χ3n) is 6.79. The number of carbonyl (C=O) groups is 2. The Morgan fingerprint density at radius 3 is 2.69 bits per heavy atom. The molecule has 29 heavy (non-hydrogen) atoms. The van der Waals surface area contributed by atoms with Gasteiger partial charge in [-0.2, -0.15) is 0 Å². The van der Waals surface area contributed by atoms with Crippen LogP contribution in [0.3, 0.4) is 0 Å². The second kappa shape index (κ2) is 8.52. The molecule has 154 valence electrons. The van der Waals surface area contributed by atoms with Gasteiger partial charge in [-0.05, 0) is 61.8 Å². The van der Waals surface area contributed by atoms with E-state index in [0.717, 1.165) is 55.0 Å². The van der Waals surface area contributed by atoms with Gasteiger partial charge >= 0.3 is 0 Å². The van der Waals surface area contributed by atoms with Crippen molar-refractivity contribution < 1.29 is 9.59 Å². The number of carbonyl (C=O) groups excluding carboxylic acids is 2. The lowest BCUT2D eigenvalue weighted by molar-refractivity contribution is -0.132. The summed E-state index contributed by atoms with van der Waals surface area (Å²) < 4.78 is 0. The van der Waals surface area contributed by atoms with Crippen LogP contribution in [0.1, 0.15) is 51.0 Å². The smallest absolute Gasteiger partial charge is 0.226 e. The van der Waals surface area contributed by atoms with E-state index in [-0.39, 0.29) is 29.8 Å². The maximum atomic E-state index is 12.8. The van der Waals surface area contributed by atoms with Crippen LogP contribution in [-0.2, 0) is 16.0 Å². The molecule has 5 heteroatoms. The van der Waals surface area contributed by atoms with Crippen molar-refractivity contribution in [1.82, 2.24) is 15.2 Å². The zero-order chi connectivity index (χ0) is 20.4. The Morgan fingerprint density at radius 2 is 1.97 bits per heavy atom. The minimum Gasteiger partial charge on any atom is -0.353 e. The number of hydrogen-bond donors (Lipinski definition) is 1. The lowest BCUT2D eigenvalue weighted by atomic mass is 9.90. The highest BCUT2D eigenvalue weighted by atomic mass is 16.2. The van der Waals surface area contributed by atoms with Crippen LogP contribution in [0.15, 0.2) is 36.5 Å². The molecular weight excluding hydrogens is 362 g/mol. The first-order valence-electron chi connectivity index (χ1n) is 10.9. The van der Waals surface area contributed by atoms with Gasteiger partial charge in [0.1, 0.15) is 0 Å². The summed E-state index contributed by atoms with van der Waals surface area (Å²) in [7, 11) is 1.92. The van der Waals surface area contributed by atoms with Gasteiger partial charge in [0.05, 0.1) is 11.9 Å². The van der Waals surface area contributed by atoms with Crippen LogP contribution in [-0.4, -0.2) is 40.8 Å². The van der Waals surface area contributed by atoms with Gasteiger partial charge < -0.3 is 10.2 Å². The molecule has 2 atom stereocenters. The minimum atomic E-state index is 0.157. The number of fused-ring (bicyclic) bond motifs is 1. The minimum absolute atomic E-state index is 0.157. The quantitative estimate of drug-likeness (QED) is 0.814. The number of rotatable bonds is 6. The summed E-state index contributed by atoms with van der Waals surface area (Å²) in [5.74, 6) is 1.25. The molecule has 1 aromatic heterocycles. The van der Waals surface area contributed by atoms with Crippen LogP contribution in [0.4, 0.5) is 0 Å². The average Bonchev–Trinajstić information content (AvgIpc) is 3.54. The number of pyridine rings is 1. The first kappa shape index (κ1) is 19.9. The van der Waals surface area contributed by atoms with Gasteiger partial charge in [-0.25, -0.2) is 0 Å². The van der Waals surface area contributed by atoms with Crippen LogP contribution >= 0.6 is 0 Å². The lowest BCUT2D eigenvalue weighted by Gasteiger charge is -2.35. The predicted octanol–water partition coefficient (Wildman–Crippen LogP) is 3.71. The number of nitrogens with one attached hydrogen (secondary N) is 1. The fourth-order valence-corrected chi connectivity index (χ4v) is 4.67. The van der Waals surface area contributed by atoms with E-state index < -0.39 is 0 Å². The predicted molar refractivity (Wildman–Crippen MR) is 114 cm³/mol. The summed E-state index contributed by atoms with van der Waals surface area (Å²) in [6.07, 6.45) is 8.18. The summed E-state index contributed by atoms with van der Waals surface area (Å²) in [6.45, 7) is 2.16. The highest BCUT2D eigenvalue weighted by Gasteiger charge is 2.42. The number of benzene rings is 1. The van der Waals surface area contributed by atoms with Crippen molar-refractivity contribution in [3.05, 3.63) is 42.1 Å². The summed E-state index contributed by atoms with van der Waals surface area (Å²) in [4.78, 5) is 31.3. The van der Waals surface area contributed by atoms with Crippen molar-refractivity contribution in [1.29, 1.82) is 0 Å². The molecule has 0 radical (unpaired) electrons. The Balaban J connectivity index is 1.26. The molecule has 2 saturated carbocycles. The molecule has 1 heterocycles. The van der Waals surface area contributed by atoms with E-state index in [1.165, 1.54) is 0 Å². The second-order valence-corrected chi connectivity index (χ2v) is 8.74. The van der Waals surface area contributed by atoms with E-state index in [1.807, 2.05) is 36.2 Å². The summed E-state index contributed by atoms with van der Waals surface area (Å²) in [6, 6.07) is 10.5. The molecule has 0 spiro atoms. The van der Waals surface area contributed by atoms with Gasteiger partial charge in [-0.15, -0.1) is 0 Å². The van der Waals surface area contributed by atoms with E-state index in [0.29, 0.717) is 12.3 Å². The molecule has 1 aromatic carbocycles. The van der Waals surface area contributed by atoms with Crippen molar-refractivity contribution >= 4 is 22.7 Å². The Bertz CT molecular complexity index is 889. The standard InChI is InChI=1S/C24H31N3O2/c1-3-17-15-21(17)24(29)26-19-7-9-20(10-8-19)27(2)23(28)14-16-6-11-22-18(13-16)5-4-12-25-22/h4-6,11-13,17,19-21H,3,7-10,14-15H2,1-2H3,(H,26,29)/t17-,19?,20?,21-/m1/s1. The number of nitrogens with zero attached hydrogens (tertiary/aromatic N) is 2. The van der Waals surface area contributed by atoms with Crippen LogP contribution in [0.2, 0.25) is 0 Å². The van der Waals surface area contributed by atoms with Crippen LogP contribution in [0.5, 0.6) is 0 Å². The molecule has 2 aromatic rings. The molecule has 2 amide bonds. The summed E-state index contributed by atoms with van der Waals surface area (Å²) >= 11 is 0. The van der Waals surface area contributed by atoms with Gasteiger partial charge in [-0.1, -0.05) is 25.5 Å². The molecule has 4 rings (SSSR count). The van der Waals surface area contributed by atoms with Crippen molar-refractivity contribution in [3.63, 3.8) is 0 Å². The molecule has 0 aliphatic heterocycles. The molecular formula is C24H31N3O2. The maximum absolute atomic E-state index is 12.8.